The first-order valence-corrected chi connectivity index (χ1v) is 10.3. The molecule has 160 valence electrons. The highest BCUT2D eigenvalue weighted by molar-refractivity contribution is 7.80. The Hall–Kier alpha value is -2.39. The van der Waals surface area contributed by atoms with Crippen LogP contribution in [0.3, 0.4) is 0 Å². The van der Waals surface area contributed by atoms with Gasteiger partial charge < -0.3 is 24.4 Å². The largest absolute Gasteiger partial charge is 0.490 e. The number of nitrogens with one attached hydrogen (secondary N) is 2. The van der Waals surface area contributed by atoms with Gasteiger partial charge in [0.15, 0.2) is 23.2 Å². The molecule has 0 radical (unpaired) electrons. The molecular weight excluding hydrogens is 392 g/mol. The van der Waals surface area contributed by atoms with Crippen LogP contribution in [0.2, 0.25) is 0 Å². The molecule has 0 unspecified atom stereocenters. The number of carbonyl (C=O) groups is 1. The Morgan fingerprint density at radius 1 is 1.24 bits per heavy atom. The lowest BCUT2D eigenvalue weighted by Gasteiger charge is -2.26. The highest BCUT2D eigenvalue weighted by atomic mass is 32.1. The van der Waals surface area contributed by atoms with E-state index in [2.05, 4.69) is 15.8 Å². The van der Waals surface area contributed by atoms with E-state index in [-0.39, 0.29) is 12.5 Å². The number of hydrazone groups is 1. The number of carbonyl (C=O) groups excluding carboxylic acids is 1. The number of nitrogens with zero attached hydrogens (tertiary/aromatic N) is 2. The molecule has 8 nitrogen and oxygen atoms in total. The van der Waals surface area contributed by atoms with Crippen LogP contribution in [-0.4, -0.2) is 68.7 Å². The fourth-order valence-electron chi connectivity index (χ4n) is 2.84. The number of hydrogen-bond acceptors (Lipinski definition) is 6. The minimum absolute atomic E-state index is 0.0104. The van der Waals surface area contributed by atoms with Crippen molar-refractivity contribution in [2.45, 2.75) is 26.2 Å². The lowest BCUT2D eigenvalue weighted by molar-refractivity contribution is -0.134. The van der Waals surface area contributed by atoms with Crippen LogP contribution in [0, 0.1) is 0 Å². The number of piperidine rings is 1. The third kappa shape index (κ3) is 8.25. The molecule has 0 aliphatic carbocycles. The Labute approximate surface area is 177 Å². The Balaban J connectivity index is 1.90. The molecule has 1 amide bonds. The van der Waals surface area contributed by atoms with Gasteiger partial charge in [-0.15, -0.1) is 0 Å². The third-order valence-electron chi connectivity index (χ3n) is 4.30. The molecule has 9 heteroatoms. The van der Waals surface area contributed by atoms with Crippen molar-refractivity contribution in [2.75, 3.05) is 46.6 Å². The zero-order valence-electron chi connectivity index (χ0n) is 17.1. The predicted molar refractivity (Wildman–Crippen MR) is 117 cm³/mol. The first-order valence-electron chi connectivity index (χ1n) is 9.87. The second kappa shape index (κ2) is 12.9. The average Bonchev–Trinajstić information content (AvgIpc) is 2.74. The van der Waals surface area contributed by atoms with Crippen molar-refractivity contribution in [2.24, 2.45) is 5.10 Å². The number of hydrogen-bond donors (Lipinski definition) is 2. The zero-order valence-corrected chi connectivity index (χ0v) is 17.9. The van der Waals surface area contributed by atoms with Gasteiger partial charge in [0, 0.05) is 26.7 Å². The molecule has 1 saturated heterocycles. The lowest BCUT2D eigenvalue weighted by Crippen LogP contribution is -2.38. The molecule has 0 spiro atoms. The van der Waals surface area contributed by atoms with Crippen molar-refractivity contribution in [3.05, 3.63) is 23.8 Å². The summed E-state index contributed by atoms with van der Waals surface area (Å²) in [6.07, 6.45) is 4.94. The molecule has 0 atom stereocenters. The van der Waals surface area contributed by atoms with Crippen LogP contribution >= 0.6 is 12.2 Å². The molecule has 1 aliphatic heterocycles. The monoisotopic (exact) mass is 422 g/mol. The van der Waals surface area contributed by atoms with E-state index in [0.29, 0.717) is 36.4 Å². The van der Waals surface area contributed by atoms with E-state index in [9.17, 15) is 4.79 Å². The summed E-state index contributed by atoms with van der Waals surface area (Å²) in [5, 5.41) is 7.49. The van der Waals surface area contributed by atoms with Crippen LogP contribution in [0.4, 0.5) is 0 Å². The number of amides is 1. The van der Waals surface area contributed by atoms with Gasteiger partial charge >= 0.3 is 0 Å². The maximum absolute atomic E-state index is 12.3. The topological polar surface area (TPSA) is 84.4 Å². The van der Waals surface area contributed by atoms with Gasteiger partial charge in [0.2, 0.25) is 0 Å². The molecule has 1 aromatic rings. The Bertz CT molecular complexity index is 693. The molecule has 1 fully saturated rings. The van der Waals surface area contributed by atoms with Gasteiger partial charge in [-0.05, 0) is 62.2 Å². The van der Waals surface area contributed by atoms with Gasteiger partial charge in [-0.3, -0.25) is 10.2 Å². The number of thiocarbonyl (C=S) groups is 1. The molecule has 2 N–H and O–H groups in total. The van der Waals surface area contributed by atoms with Gasteiger partial charge in [-0.1, -0.05) is 0 Å². The van der Waals surface area contributed by atoms with E-state index in [0.717, 1.165) is 31.5 Å². The zero-order chi connectivity index (χ0) is 20.9. The summed E-state index contributed by atoms with van der Waals surface area (Å²) in [6, 6.07) is 5.44. The molecule has 0 saturated carbocycles. The van der Waals surface area contributed by atoms with Crippen LogP contribution in [0.5, 0.6) is 11.5 Å². The van der Waals surface area contributed by atoms with E-state index < -0.39 is 0 Å². The van der Waals surface area contributed by atoms with E-state index in [1.807, 2.05) is 24.0 Å². The summed E-state index contributed by atoms with van der Waals surface area (Å²) in [5.41, 5.74) is 3.56. The molecule has 0 bridgehead atoms. The maximum atomic E-state index is 12.3. The van der Waals surface area contributed by atoms with Crippen molar-refractivity contribution >= 4 is 29.5 Å². The predicted octanol–water partition coefficient (Wildman–Crippen LogP) is 1.92. The van der Waals surface area contributed by atoms with Crippen LogP contribution in [0.15, 0.2) is 23.3 Å². The lowest BCUT2D eigenvalue weighted by atomic mass is 10.1. The SMILES string of the molecule is CCOc1cc(/C=N\NC(=S)NCCOC)ccc1OCC(=O)N1CCCCC1. The molecule has 1 aliphatic rings. The first-order chi connectivity index (χ1) is 14.1. The Kier molecular flexibility index (Phi) is 10.2. The molecule has 0 aromatic heterocycles. The fraction of sp³-hybridized carbons (Fsp3) is 0.550. The summed E-state index contributed by atoms with van der Waals surface area (Å²) in [7, 11) is 1.63. The van der Waals surface area contributed by atoms with Crippen molar-refractivity contribution in [3.63, 3.8) is 0 Å². The van der Waals surface area contributed by atoms with Crippen LogP contribution < -0.4 is 20.2 Å². The smallest absolute Gasteiger partial charge is 0.260 e. The van der Waals surface area contributed by atoms with Gasteiger partial charge in [0.25, 0.3) is 5.91 Å². The quantitative estimate of drug-likeness (QED) is 0.258. The van der Waals surface area contributed by atoms with E-state index >= 15 is 0 Å². The van der Waals surface area contributed by atoms with E-state index in [4.69, 9.17) is 26.4 Å². The Morgan fingerprint density at radius 2 is 2.03 bits per heavy atom. The summed E-state index contributed by atoms with van der Waals surface area (Å²) >= 11 is 5.11. The summed E-state index contributed by atoms with van der Waals surface area (Å²) in [6.45, 7) is 5.18. The minimum Gasteiger partial charge on any atom is -0.490 e. The summed E-state index contributed by atoms with van der Waals surface area (Å²) in [4.78, 5) is 14.2. The van der Waals surface area contributed by atoms with Crippen molar-refractivity contribution in [3.8, 4) is 11.5 Å². The van der Waals surface area contributed by atoms with Crippen LogP contribution in [0.25, 0.3) is 0 Å². The molecule has 1 aromatic carbocycles. The number of likely N-dealkylation sites (tertiary alicyclic amines) is 1. The van der Waals surface area contributed by atoms with E-state index in [1.165, 1.54) is 6.42 Å². The van der Waals surface area contributed by atoms with Gasteiger partial charge in [-0.2, -0.15) is 5.10 Å². The second-order valence-electron chi connectivity index (χ2n) is 6.49. The minimum atomic E-state index is 0.0104. The van der Waals surface area contributed by atoms with Crippen molar-refractivity contribution < 1.29 is 19.0 Å². The van der Waals surface area contributed by atoms with Gasteiger partial charge in [0.05, 0.1) is 19.4 Å². The summed E-state index contributed by atoms with van der Waals surface area (Å²) in [5.74, 6) is 1.12. The molecular formula is C20H30N4O4S. The van der Waals surface area contributed by atoms with Crippen molar-refractivity contribution in [1.82, 2.24) is 15.6 Å². The molecule has 1 heterocycles. The first kappa shape index (κ1) is 22.9. The fourth-order valence-corrected chi connectivity index (χ4v) is 2.99. The van der Waals surface area contributed by atoms with Crippen molar-refractivity contribution in [1.29, 1.82) is 0 Å². The Morgan fingerprint density at radius 3 is 2.76 bits per heavy atom. The number of ether oxygens (including phenoxy) is 3. The second-order valence-corrected chi connectivity index (χ2v) is 6.90. The van der Waals surface area contributed by atoms with Gasteiger partial charge in [0.1, 0.15) is 0 Å². The number of methoxy groups -OCH3 is 1. The molecule has 2 rings (SSSR count). The highest BCUT2D eigenvalue weighted by Crippen LogP contribution is 2.28. The number of rotatable bonds is 10. The molecule has 29 heavy (non-hydrogen) atoms. The van der Waals surface area contributed by atoms with E-state index in [1.54, 1.807) is 19.4 Å². The highest BCUT2D eigenvalue weighted by Gasteiger charge is 2.17. The van der Waals surface area contributed by atoms with Crippen LogP contribution in [-0.2, 0) is 9.53 Å². The van der Waals surface area contributed by atoms with Crippen LogP contribution in [0.1, 0.15) is 31.7 Å². The summed E-state index contributed by atoms with van der Waals surface area (Å²) < 4.78 is 16.3. The standard InChI is InChI=1S/C20H30N4O4S/c1-3-27-18-13-16(14-22-23-20(29)21-9-12-26-2)7-8-17(18)28-15-19(25)24-10-5-4-6-11-24/h7-8,13-14H,3-6,9-12,15H2,1-2H3,(H2,21,23,29)/b22-14-. The average molecular weight is 423 g/mol. The normalized spacial score (nSPS) is 13.9. The number of benzene rings is 1. The van der Waals surface area contributed by atoms with Gasteiger partial charge in [-0.25, -0.2) is 0 Å². The third-order valence-corrected chi connectivity index (χ3v) is 4.53. The maximum Gasteiger partial charge on any atom is 0.260 e.